The third kappa shape index (κ3) is 3.92. The lowest BCUT2D eigenvalue weighted by atomic mass is 10.1. The van der Waals surface area contributed by atoms with Crippen LogP contribution in [0.1, 0.15) is 24.7 Å². The summed E-state index contributed by atoms with van der Waals surface area (Å²) >= 11 is 5.96. The van der Waals surface area contributed by atoms with Crippen LogP contribution in [0.15, 0.2) is 52.9 Å². The van der Waals surface area contributed by atoms with Crippen molar-refractivity contribution < 1.29 is 9.15 Å². The minimum absolute atomic E-state index is 0.391. The Morgan fingerprint density at radius 2 is 1.89 bits per heavy atom. The Morgan fingerprint density at radius 1 is 1.07 bits per heavy atom. The zero-order valence-electron chi connectivity index (χ0n) is 15.4. The summed E-state index contributed by atoms with van der Waals surface area (Å²) in [6, 6.07) is 14.9. The Kier molecular flexibility index (Phi) is 5.12. The summed E-state index contributed by atoms with van der Waals surface area (Å²) in [5, 5.41) is 0.689. The quantitative estimate of drug-likeness (QED) is 0.468. The summed E-state index contributed by atoms with van der Waals surface area (Å²) in [6.45, 7) is 2.57. The lowest BCUT2D eigenvalue weighted by Crippen LogP contribution is -2.03. The lowest BCUT2D eigenvalue weighted by Gasteiger charge is -2.06. The lowest BCUT2D eigenvalue weighted by molar-refractivity contribution is 0.307. The second-order valence-corrected chi connectivity index (χ2v) is 6.83. The smallest absolute Gasteiger partial charge is 0.254 e. The number of anilines is 1. The standard InChI is InChI=1S/C21H19ClN4O2/c1-2-10-27-20-18-21(28-19(26-18)14-4-3-5-16(23)12-14)25-17(24-20)11-13-6-8-15(22)9-7-13/h3-9,12H,2,10-11,23H2,1H3. The van der Waals surface area contributed by atoms with Crippen molar-refractivity contribution in [1.82, 2.24) is 15.0 Å². The van der Waals surface area contributed by atoms with E-state index in [0.29, 0.717) is 52.6 Å². The van der Waals surface area contributed by atoms with Gasteiger partial charge in [-0.3, -0.25) is 0 Å². The number of nitrogens with two attached hydrogens (primary N) is 1. The Morgan fingerprint density at radius 3 is 2.64 bits per heavy atom. The van der Waals surface area contributed by atoms with Crippen molar-refractivity contribution in [3.8, 4) is 17.3 Å². The first-order valence-electron chi connectivity index (χ1n) is 9.03. The van der Waals surface area contributed by atoms with Gasteiger partial charge in [0.1, 0.15) is 5.82 Å². The first kappa shape index (κ1) is 18.3. The van der Waals surface area contributed by atoms with E-state index < -0.39 is 0 Å². The molecule has 0 unspecified atom stereocenters. The van der Waals surface area contributed by atoms with Crippen molar-refractivity contribution in [1.29, 1.82) is 0 Å². The predicted molar refractivity (Wildman–Crippen MR) is 109 cm³/mol. The van der Waals surface area contributed by atoms with Crippen LogP contribution in [0, 0.1) is 0 Å². The van der Waals surface area contributed by atoms with Gasteiger partial charge in [-0.1, -0.05) is 36.7 Å². The normalized spacial score (nSPS) is 11.1. The minimum atomic E-state index is 0.391. The average Bonchev–Trinajstić information content (AvgIpc) is 3.12. The van der Waals surface area contributed by atoms with Gasteiger partial charge in [0, 0.05) is 22.7 Å². The van der Waals surface area contributed by atoms with E-state index in [0.717, 1.165) is 17.5 Å². The molecule has 0 saturated carbocycles. The van der Waals surface area contributed by atoms with Gasteiger partial charge in [0.2, 0.25) is 11.8 Å². The average molecular weight is 395 g/mol. The third-order valence-electron chi connectivity index (χ3n) is 4.13. The second kappa shape index (κ2) is 7.86. The van der Waals surface area contributed by atoms with Gasteiger partial charge in [0.05, 0.1) is 6.61 Å². The summed E-state index contributed by atoms with van der Waals surface area (Å²) in [5.41, 5.74) is 9.23. The highest BCUT2D eigenvalue weighted by molar-refractivity contribution is 6.30. The maximum atomic E-state index is 5.96. The van der Waals surface area contributed by atoms with Gasteiger partial charge in [-0.25, -0.2) is 4.98 Å². The van der Waals surface area contributed by atoms with Crippen LogP contribution in [0.2, 0.25) is 5.02 Å². The van der Waals surface area contributed by atoms with Gasteiger partial charge < -0.3 is 14.9 Å². The highest BCUT2D eigenvalue weighted by atomic mass is 35.5. The molecule has 2 heterocycles. The molecule has 2 N–H and O–H groups in total. The number of rotatable bonds is 6. The summed E-state index contributed by atoms with van der Waals surface area (Å²) in [5.74, 6) is 1.45. The van der Waals surface area contributed by atoms with E-state index in [1.165, 1.54) is 0 Å². The molecule has 0 saturated heterocycles. The number of hydrogen-bond acceptors (Lipinski definition) is 6. The molecule has 0 radical (unpaired) electrons. The number of nitrogens with zero attached hydrogens (tertiary/aromatic N) is 3. The zero-order valence-corrected chi connectivity index (χ0v) is 16.1. The summed E-state index contributed by atoms with van der Waals surface area (Å²) in [6.07, 6.45) is 1.39. The number of aromatic nitrogens is 3. The highest BCUT2D eigenvalue weighted by Gasteiger charge is 2.17. The van der Waals surface area contributed by atoms with Crippen LogP contribution in [0.25, 0.3) is 22.7 Å². The van der Waals surface area contributed by atoms with Crippen LogP contribution in [0.4, 0.5) is 5.69 Å². The molecule has 0 spiro atoms. The highest BCUT2D eigenvalue weighted by Crippen LogP contribution is 2.29. The Hall–Kier alpha value is -3.12. The molecule has 0 aliphatic heterocycles. The van der Waals surface area contributed by atoms with Gasteiger partial charge in [-0.15, -0.1) is 0 Å². The van der Waals surface area contributed by atoms with Crippen molar-refractivity contribution >= 4 is 28.5 Å². The van der Waals surface area contributed by atoms with Crippen LogP contribution in [0.3, 0.4) is 0 Å². The maximum absolute atomic E-state index is 5.96. The predicted octanol–water partition coefficient (Wildman–Crippen LogP) is 4.90. The molecule has 0 aliphatic rings. The molecule has 142 valence electrons. The van der Waals surface area contributed by atoms with Crippen molar-refractivity contribution in [2.24, 2.45) is 0 Å². The number of halogens is 1. The Labute approximate surface area is 167 Å². The summed E-state index contributed by atoms with van der Waals surface area (Å²) < 4.78 is 11.7. The fourth-order valence-electron chi connectivity index (χ4n) is 2.80. The van der Waals surface area contributed by atoms with Crippen LogP contribution < -0.4 is 10.5 Å². The maximum Gasteiger partial charge on any atom is 0.254 e. The fraction of sp³-hybridized carbons (Fsp3) is 0.190. The summed E-state index contributed by atoms with van der Waals surface area (Å²) in [7, 11) is 0. The molecule has 6 nitrogen and oxygen atoms in total. The van der Waals surface area contributed by atoms with Gasteiger partial charge in [-0.2, -0.15) is 9.97 Å². The van der Waals surface area contributed by atoms with Crippen LogP contribution in [-0.4, -0.2) is 21.6 Å². The molecule has 28 heavy (non-hydrogen) atoms. The fourth-order valence-corrected chi connectivity index (χ4v) is 2.92. The number of oxazole rings is 1. The molecule has 2 aromatic heterocycles. The summed E-state index contributed by atoms with van der Waals surface area (Å²) in [4.78, 5) is 13.7. The molecule has 0 bridgehead atoms. The third-order valence-corrected chi connectivity index (χ3v) is 4.38. The van der Waals surface area contributed by atoms with Crippen LogP contribution >= 0.6 is 11.6 Å². The molecule has 0 fully saturated rings. The number of benzene rings is 2. The molecule has 2 aromatic carbocycles. The van der Waals surface area contributed by atoms with Crippen molar-refractivity contribution in [2.45, 2.75) is 19.8 Å². The van der Waals surface area contributed by atoms with Crippen LogP contribution in [0.5, 0.6) is 5.88 Å². The van der Waals surface area contributed by atoms with Gasteiger partial charge in [-0.05, 0) is 42.3 Å². The van der Waals surface area contributed by atoms with Crippen molar-refractivity contribution in [2.75, 3.05) is 12.3 Å². The van der Waals surface area contributed by atoms with Gasteiger partial charge in [0.25, 0.3) is 5.71 Å². The first-order valence-corrected chi connectivity index (χ1v) is 9.41. The minimum Gasteiger partial charge on any atom is -0.476 e. The van der Waals surface area contributed by atoms with Crippen molar-refractivity contribution in [3.05, 3.63) is 64.9 Å². The van der Waals surface area contributed by atoms with E-state index >= 15 is 0 Å². The number of nitrogen functional groups attached to an aromatic ring is 1. The van der Waals surface area contributed by atoms with Crippen LogP contribution in [-0.2, 0) is 6.42 Å². The van der Waals surface area contributed by atoms with E-state index in [4.69, 9.17) is 26.5 Å². The van der Waals surface area contributed by atoms with E-state index in [2.05, 4.69) is 15.0 Å². The molecule has 4 rings (SSSR count). The number of hydrogen-bond donors (Lipinski definition) is 1. The van der Waals surface area contributed by atoms with Gasteiger partial charge in [0.15, 0.2) is 5.52 Å². The largest absolute Gasteiger partial charge is 0.476 e. The molecule has 4 aromatic rings. The van der Waals surface area contributed by atoms with Gasteiger partial charge >= 0.3 is 0 Å². The molecule has 0 aliphatic carbocycles. The Balaban J connectivity index is 1.75. The second-order valence-electron chi connectivity index (χ2n) is 6.39. The van der Waals surface area contributed by atoms with E-state index in [1.54, 1.807) is 6.07 Å². The number of fused-ring (bicyclic) bond motifs is 1. The first-order chi connectivity index (χ1) is 13.6. The van der Waals surface area contributed by atoms with E-state index in [1.807, 2.05) is 49.4 Å². The van der Waals surface area contributed by atoms with E-state index in [9.17, 15) is 0 Å². The van der Waals surface area contributed by atoms with E-state index in [-0.39, 0.29) is 0 Å². The molecule has 7 heteroatoms. The zero-order chi connectivity index (χ0) is 19.5. The topological polar surface area (TPSA) is 87.1 Å². The Bertz CT molecular complexity index is 1110. The van der Waals surface area contributed by atoms with Crippen molar-refractivity contribution in [3.63, 3.8) is 0 Å². The molecular formula is C21H19ClN4O2. The number of ether oxygens (including phenoxy) is 1. The molecule has 0 amide bonds. The molecule has 0 atom stereocenters. The monoisotopic (exact) mass is 394 g/mol. The molecular weight excluding hydrogens is 376 g/mol. The SMILES string of the molecule is CCCOc1nc(Cc2ccc(Cl)cc2)nc2oc(-c3cccc(N)c3)nc12.